The maximum absolute atomic E-state index is 13.0. The fraction of sp³-hybridized carbons (Fsp3) is 0.500. The van der Waals surface area contributed by atoms with E-state index in [-0.39, 0.29) is 30.4 Å². The minimum absolute atomic E-state index is 0.171. The number of piperidine rings is 1. The van der Waals surface area contributed by atoms with Gasteiger partial charge < -0.3 is 29.7 Å². The van der Waals surface area contributed by atoms with Gasteiger partial charge in [0.2, 0.25) is 0 Å². The van der Waals surface area contributed by atoms with Crippen molar-refractivity contribution < 1.29 is 23.8 Å². The van der Waals surface area contributed by atoms with E-state index in [2.05, 4.69) is 23.0 Å². The highest BCUT2D eigenvalue weighted by atomic mass is 16.5. The Hall–Kier alpha value is -3.96. The van der Waals surface area contributed by atoms with E-state index in [4.69, 9.17) is 24.9 Å². The summed E-state index contributed by atoms with van der Waals surface area (Å²) in [7, 11) is 3.80. The molecule has 2 aromatic rings. The Balaban J connectivity index is 1.33. The van der Waals surface area contributed by atoms with Crippen molar-refractivity contribution in [2.24, 2.45) is 15.7 Å². The van der Waals surface area contributed by atoms with Crippen molar-refractivity contribution in [1.82, 2.24) is 14.7 Å². The molecular weight excluding hydrogens is 548 g/mol. The molecule has 230 valence electrons. The molecule has 0 radical (unpaired) electrons. The van der Waals surface area contributed by atoms with E-state index in [1.165, 1.54) is 5.56 Å². The van der Waals surface area contributed by atoms with Crippen LogP contribution < -0.4 is 15.2 Å². The molecule has 2 saturated heterocycles. The molecule has 11 nitrogen and oxygen atoms in total. The van der Waals surface area contributed by atoms with E-state index in [1.807, 2.05) is 34.9 Å². The number of esters is 1. The molecule has 11 heteroatoms. The van der Waals surface area contributed by atoms with E-state index in [0.29, 0.717) is 50.7 Å². The number of fused-ring (bicyclic) bond motifs is 3. The Labute approximate surface area is 253 Å². The number of carbonyl (C=O) groups excluding carboxylic acids is 2. The monoisotopic (exact) mass is 590 g/mol. The summed E-state index contributed by atoms with van der Waals surface area (Å²) < 4.78 is 16.6. The van der Waals surface area contributed by atoms with Gasteiger partial charge in [0.05, 0.1) is 38.6 Å². The summed E-state index contributed by atoms with van der Waals surface area (Å²) in [6.07, 6.45) is 0.974. The lowest BCUT2D eigenvalue weighted by molar-refractivity contribution is -0.144. The summed E-state index contributed by atoms with van der Waals surface area (Å²) in [5, 5.41) is 0. The van der Waals surface area contributed by atoms with Crippen LogP contribution >= 0.6 is 0 Å². The number of nitrogens with zero attached hydrogens (tertiary/aromatic N) is 5. The smallest absolute Gasteiger partial charge is 0.320 e. The molecule has 1 amide bonds. The quantitative estimate of drug-likeness (QED) is 0.281. The number of hydrogen-bond acceptors (Lipinski definition) is 8. The molecule has 0 bridgehead atoms. The second-order valence-corrected chi connectivity index (χ2v) is 11.1. The van der Waals surface area contributed by atoms with Crippen molar-refractivity contribution in [2.75, 3.05) is 73.2 Å². The molecule has 3 heterocycles. The first-order valence-corrected chi connectivity index (χ1v) is 15.0. The molecule has 2 fully saturated rings. The highest BCUT2D eigenvalue weighted by molar-refractivity contribution is 6.15. The summed E-state index contributed by atoms with van der Waals surface area (Å²) >= 11 is 0. The lowest BCUT2D eigenvalue weighted by atomic mass is 9.79. The van der Waals surface area contributed by atoms with Crippen LogP contribution in [0.4, 0.5) is 0 Å². The van der Waals surface area contributed by atoms with Crippen LogP contribution in [-0.4, -0.2) is 117 Å². The zero-order chi connectivity index (χ0) is 30.5. The summed E-state index contributed by atoms with van der Waals surface area (Å²) in [6, 6.07) is 11.7. The fourth-order valence-corrected chi connectivity index (χ4v) is 6.08. The topological polar surface area (TPSA) is 122 Å². The van der Waals surface area contributed by atoms with Gasteiger partial charge in [0.25, 0.3) is 5.91 Å². The first-order chi connectivity index (χ1) is 20.8. The van der Waals surface area contributed by atoms with Crippen LogP contribution in [0.5, 0.6) is 11.5 Å². The van der Waals surface area contributed by atoms with Crippen LogP contribution in [0.1, 0.15) is 53.2 Å². The Morgan fingerprint density at radius 1 is 1.02 bits per heavy atom. The predicted molar refractivity (Wildman–Crippen MR) is 165 cm³/mol. The van der Waals surface area contributed by atoms with Crippen molar-refractivity contribution in [1.29, 1.82) is 0 Å². The van der Waals surface area contributed by atoms with Crippen molar-refractivity contribution in [3.8, 4) is 11.5 Å². The lowest BCUT2D eigenvalue weighted by Gasteiger charge is -2.39. The number of amides is 1. The van der Waals surface area contributed by atoms with Gasteiger partial charge >= 0.3 is 5.97 Å². The number of guanidine groups is 1. The van der Waals surface area contributed by atoms with Gasteiger partial charge in [-0.05, 0) is 63.7 Å². The second-order valence-electron chi connectivity index (χ2n) is 11.1. The van der Waals surface area contributed by atoms with Gasteiger partial charge in [-0.15, -0.1) is 0 Å². The largest absolute Gasteiger partial charge is 0.493 e. The van der Waals surface area contributed by atoms with Crippen molar-refractivity contribution in [3.63, 3.8) is 0 Å². The Kier molecular flexibility index (Phi) is 9.62. The molecule has 0 spiro atoms. The van der Waals surface area contributed by atoms with Crippen molar-refractivity contribution >= 4 is 23.5 Å². The minimum Gasteiger partial charge on any atom is -0.493 e. The van der Waals surface area contributed by atoms with E-state index >= 15 is 0 Å². The average Bonchev–Trinajstić information content (AvgIpc) is 3.01. The summed E-state index contributed by atoms with van der Waals surface area (Å²) in [5.74, 6) is 1.23. The number of rotatable bonds is 8. The Morgan fingerprint density at radius 2 is 1.77 bits per heavy atom. The number of carbonyl (C=O) groups is 2. The standard InChI is InChI=1S/C32H42N6O5/c1-5-42-28-17-23-24(18-27(28)41-4)30(34-26-11-12-36(3)19-25(23)26)21-7-9-22(10-8-21)31(40)35-32(33)38-15-13-37(14-16-38)20-29(39)43-6-2/h7-10,17-18,25-26H,5-6,11-16,19-20H2,1-4H3,(H2,33,35,40)/t25-,26-/m1/s1. The molecule has 3 aliphatic rings. The molecule has 43 heavy (non-hydrogen) atoms. The maximum Gasteiger partial charge on any atom is 0.320 e. The van der Waals surface area contributed by atoms with Crippen LogP contribution in [0.3, 0.4) is 0 Å². The van der Waals surface area contributed by atoms with Crippen LogP contribution in [0, 0.1) is 0 Å². The van der Waals surface area contributed by atoms with E-state index in [0.717, 1.165) is 42.1 Å². The molecule has 2 atom stereocenters. The van der Waals surface area contributed by atoms with Gasteiger partial charge in [-0.1, -0.05) is 12.1 Å². The number of methoxy groups -OCH3 is 1. The molecule has 0 saturated carbocycles. The zero-order valence-electron chi connectivity index (χ0n) is 25.5. The number of likely N-dealkylation sites (N-methyl/N-ethyl adjacent to an activating group) is 1. The Bertz CT molecular complexity index is 1380. The average molecular weight is 591 g/mol. The van der Waals surface area contributed by atoms with Crippen LogP contribution in [-0.2, 0) is 9.53 Å². The number of benzene rings is 2. The number of likely N-dealkylation sites (tertiary alicyclic amines) is 1. The zero-order valence-corrected chi connectivity index (χ0v) is 25.5. The maximum atomic E-state index is 13.0. The van der Waals surface area contributed by atoms with Gasteiger partial charge in [-0.3, -0.25) is 19.5 Å². The number of piperazine rings is 1. The van der Waals surface area contributed by atoms with Crippen molar-refractivity contribution in [3.05, 3.63) is 58.7 Å². The fourth-order valence-electron chi connectivity index (χ4n) is 6.08. The summed E-state index contributed by atoms with van der Waals surface area (Å²) in [4.78, 5) is 40.4. The van der Waals surface area contributed by atoms with E-state index in [1.54, 1.807) is 26.2 Å². The third-order valence-electron chi connectivity index (χ3n) is 8.34. The third kappa shape index (κ3) is 6.83. The van der Waals surface area contributed by atoms with Gasteiger partial charge in [0.15, 0.2) is 17.5 Å². The van der Waals surface area contributed by atoms with Crippen LogP contribution in [0.2, 0.25) is 0 Å². The highest BCUT2D eigenvalue weighted by Crippen LogP contribution is 2.42. The predicted octanol–water partition coefficient (Wildman–Crippen LogP) is 2.37. The number of hydrogen-bond donors (Lipinski definition) is 1. The number of aliphatic imine (C=N–C) groups is 2. The highest BCUT2D eigenvalue weighted by Gasteiger charge is 2.36. The van der Waals surface area contributed by atoms with E-state index < -0.39 is 5.91 Å². The SMILES string of the molecule is CCOC(=O)CN1CCN(/C(N)=N\C(=O)c2ccc(C3=N[C@@H]4CCN(C)C[C@@H]4c4cc(OCC)c(OC)cc43)cc2)CC1. The molecule has 2 N–H and O–H groups in total. The molecule has 0 aliphatic carbocycles. The summed E-state index contributed by atoms with van der Waals surface area (Å²) in [6.45, 7) is 9.28. The molecule has 0 unspecified atom stereocenters. The van der Waals surface area contributed by atoms with Crippen molar-refractivity contribution in [2.45, 2.75) is 32.2 Å². The lowest BCUT2D eigenvalue weighted by Crippen LogP contribution is -2.52. The molecule has 0 aromatic heterocycles. The first-order valence-electron chi connectivity index (χ1n) is 15.0. The molecule has 2 aromatic carbocycles. The first kappa shape index (κ1) is 30.5. The third-order valence-corrected chi connectivity index (χ3v) is 8.34. The number of nitrogens with two attached hydrogens (primary N) is 1. The summed E-state index contributed by atoms with van der Waals surface area (Å²) in [5.41, 5.74) is 10.7. The second kappa shape index (κ2) is 13.6. The van der Waals surface area contributed by atoms with Gasteiger partial charge in [0.1, 0.15) is 0 Å². The van der Waals surface area contributed by atoms with E-state index in [9.17, 15) is 9.59 Å². The Morgan fingerprint density at radius 3 is 2.44 bits per heavy atom. The van der Waals surface area contributed by atoms with Gasteiger partial charge in [0, 0.05) is 55.3 Å². The van der Waals surface area contributed by atoms with Crippen LogP contribution in [0.25, 0.3) is 0 Å². The van der Waals surface area contributed by atoms with Gasteiger partial charge in [-0.2, -0.15) is 4.99 Å². The molecule has 3 aliphatic heterocycles. The molecule has 5 rings (SSSR count). The van der Waals surface area contributed by atoms with Gasteiger partial charge in [-0.25, -0.2) is 0 Å². The molecular formula is C32H42N6O5. The van der Waals surface area contributed by atoms with Crippen LogP contribution in [0.15, 0.2) is 46.4 Å². The normalized spacial score (nSPS) is 21.0. The minimum atomic E-state index is -0.401. The number of ether oxygens (including phenoxy) is 3.